The van der Waals surface area contributed by atoms with Crippen molar-refractivity contribution >= 4 is 28.8 Å². The predicted octanol–water partition coefficient (Wildman–Crippen LogP) is 2.30. The lowest BCUT2D eigenvalue weighted by molar-refractivity contribution is -0.128. The normalized spacial score (nSPS) is 16.1. The van der Waals surface area contributed by atoms with E-state index in [9.17, 15) is 9.59 Å². The summed E-state index contributed by atoms with van der Waals surface area (Å²) in [5.41, 5.74) is 2.37. The van der Waals surface area contributed by atoms with Crippen LogP contribution in [-0.4, -0.2) is 49.7 Å². The van der Waals surface area contributed by atoms with Crippen LogP contribution in [0.3, 0.4) is 0 Å². The van der Waals surface area contributed by atoms with Crippen molar-refractivity contribution in [1.82, 2.24) is 10.3 Å². The Balaban J connectivity index is 1.91. The zero-order chi connectivity index (χ0) is 19.6. The summed E-state index contributed by atoms with van der Waals surface area (Å²) in [6.07, 6.45) is -0.640. The van der Waals surface area contributed by atoms with Crippen LogP contribution in [0.4, 0.5) is 5.69 Å². The minimum atomic E-state index is -0.640. The van der Waals surface area contributed by atoms with Crippen LogP contribution in [0.2, 0.25) is 0 Å². The van der Waals surface area contributed by atoms with Crippen molar-refractivity contribution in [2.45, 2.75) is 26.9 Å². The van der Waals surface area contributed by atoms with E-state index in [0.717, 1.165) is 21.1 Å². The third-order valence-corrected chi connectivity index (χ3v) is 5.16. The molecule has 1 aliphatic heterocycles. The number of rotatable bonds is 6. The van der Waals surface area contributed by atoms with E-state index < -0.39 is 6.10 Å². The number of carbonyl (C=O) groups is 2. The zero-order valence-corrected chi connectivity index (χ0v) is 16.7. The van der Waals surface area contributed by atoms with Crippen molar-refractivity contribution in [2.75, 3.05) is 31.7 Å². The molecule has 2 amide bonds. The molecule has 0 radical (unpaired) electrons. The van der Waals surface area contributed by atoms with Crippen molar-refractivity contribution < 1.29 is 19.1 Å². The highest BCUT2D eigenvalue weighted by Crippen LogP contribution is 2.38. The number of anilines is 1. The van der Waals surface area contributed by atoms with E-state index in [-0.39, 0.29) is 18.4 Å². The number of ether oxygens (including phenoxy) is 2. The molecule has 2 heterocycles. The number of amides is 2. The van der Waals surface area contributed by atoms with E-state index in [1.54, 1.807) is 25.4 Å². The first-order valence-corrected chi connectivity index (χ1v) is 9.54. The third kappa shape index (κ3) is 4.12. The van der Waals surface area contributed by atoms with E-state index in [0.29, 0.717) is 24.6 Å². The summed E-state index contributed by atoms with van der Waals surface area (Å²) < 4.78 is 10.7. The minimum absolute atomic E-state index is 0.0677. The molecular formula is C19H23N3O4S. The number of aromatic nitrogens is 1. The quantitative estimate of drug-likeness (QED) is 0.767. The molecule has 0 fully saturated rings. The second-order valence-corrected chi connectivity index (χ2v) is 7.75. The number of thiazole rings is 1. The topological polar surface area (TPSA) is 80.8 Å². The molecule has 7 nitrogen and oxygen atoms in total. The summed E-state index contributed by atoms with van der Waals surface area (Å²) in [6, 6.07) is 5.63. The summed E-state index contributed by atoms with van der Waals surface area (Å²) >= 11 is 1.63. The molecule has 1 aromatic heterocycles. The SMILES string of the molecule is COCCNC(=O)CN1C(=O)C(C)Oc2ccc(-c3nc(C)sc3C)cc21. The Bertz CT molecular complexity index is 865. The van der Waals surface area contributed by atoms with Gasteiger partial charge in [-0.1, -0.05) is 0 Å². The van der Waals surface area contributed by atoms with Crippen molar-refractivity contribution in [3.63, 3.8) is 0 Å². The maximum absolute atomic E-state index is 12.7. The van der Waals surface area contributed by atoms with Gasteiger partial charge in [-0.3, -0.25) is 14.5 Å². The van der Waals surface area contributed by atoms with Crippen LogP contribution in [-0.2, 0) is 14.3 Å². The Hall–Kier alpha value is -2.45. The van der Waals surface area contributed by atoms with Gasteiger partial charge in [0, 0.05) is 24.1 Å². The monoisotopic (exact) mass is 389 g/mol. The molecule has 0 spiro atoms. The fraction of sp³-hybridized carbons (Fsp3) is 0.421. The molecule has 0 bridgehead atoms. The van der Waals surface area contributed by atoms with Gasteiger partial charge in [0.25, 0.3) is 5.91 Å². The molecule has 1 atom stereocenters. The van der Waals surface area contributed by atoms with E-state index in [4.69, 9.17) is 9.47 Å². The lowest BCUT2D eigenvalue weighted by Crippen LogP contribution is -2.49. The smallest absolute Gasteiger partial charge is 0.268 e. The molecule has 2 aromatic rings. The van der Waals surface area contributed by atoms with Crippen molar-refractivity contribution in [3.05, 3.63) is 28.1 Å². The molecule has 1 unspecified atom stereocenters. The number of fused-ring (bicyclic) bond motifs is 1. The number of benzene rings is 1. The number of nitrogens with one attached hydrogen (secondary N) is 1. The summed E-state index contributed by atoms with van der Waals surface area (Å²) in [7, 11) is 1.57. The van der Waals surface area contributed by atoms with Crippen molar-refractivity contribution in [3.8, 4) is 17.0 Å². The first kappa shape index (κ1) is 19.3. The van der Waals surface area contributed by atoms with E-state index in [1.807, 2.05) is 32.0 Å². The molecular weight excluding hydrogens is 366 g/mol. The van der Waals surface area contributed by atoms with Gasteiger partial charge in [0.1, 0.15) is 12.3 Å². The number of aryl methyl sites for hydroxylation is 2. The molecule has 1 aromatic carbocycles. The predicted molar refractivity (Wildman–Crippen MR) is 104 cm³/mol. The molecule has 27 heavy (non-hydrogen) atoms. The van der Waals surface area contributed by atoms with Crippen LogP contribution >= 0.6 is 11.3 Å². The number of hydrogen-bond acceptors (Lipinski definition) is 6. The molecule has 0 saturated carbocycles. The molecule has 1 aliphatic rings. The first-order chi connectivity index (χ1) is 12.9. The summed E-state index contributed by atoms with van der Waals surface area (Å²) in [6.45, 7) is 6.41. The maximum Gasteiger partial charge on any atom is 0.268 e. The number of nitrogens with zero attached hydrogens (tertiary/aromatic N) is 2. The third-order valence-electron chi connectivity index (χ3n) is 4.27. The molecule has 0 saturated heterocycles. The van der Waals surface area contributed by atoms with Gasteiger partial charge in [0.05, 0.1) is 23.0 Å². The fourth-order valence-corrected chi connectivity index (χ4v) is 3.85. The van der Waals surface area contributed by atoms with Gasteiger partial charge in [0.2, 0.25) is 5.91 Å². The average Bonchev–Trinajstić information content (AvgIpc) is 2.97. The standard InChI is InChI=1S/C19H23N3O4S/c1-11-19(24)22(10-17(23)20-7-8-25-4)15-9-14(5-6-16(15)26-11)18-12(2)27-13(3)21-18/h5-6,9,11H,7-8,10H2,1-4H3,(H,20,23). The van der Waals surface area contributed by atoms with Crippen molar-refractivity contribution in [2.24, 2.45) is 0 Å². The van der Waals surface area contributed by atoms with E-state index in [2.05, 4.69) is 10.3 Å². The highest BCUT2D eigenvalue weighted by atomic mass is 32.1. The van der Waals surface area contributed by atoms with Gasteiger partial charge in [-0.05, 0) is 39.0 Å². The van der Waals surface area contributed by atoms with Gasteiger partial charge in [-0.25, -0.2) is 4.98 Å². The van der Waals surface area contributed by atoms with Crippen LogP contribution in [0.1, 0.15) is 16.8 Å². The molecule has 1 N–H and O–H groups in total. The molecule has 3 rings (SSSR count). The minimum Gasteiger partial charge on any atom is -0.479 e. The largest absolute Gasteiger partial charge is 0.479 e. The Labute approximate surface area is 162 Å². The second kappa shape index (κ2) is 8.06. The summed E-state index contributed by atoms with van der Waals surface area (Å²) in [5, 5.41) is 3.73. The Morgan fingerprint density at radius 3 is 2.85 bits per heavy atom. The zero-order valence-electron chi connectivity index (χ0n) is 15.9. The van der Waals surface area contributed by atoms with E-state index in [1.165, 1.54) is 4.90 Å². The first-order valence-electron chi connectivity index (χ1n) is 8.73. The average molecular weight is 389 g/mol. The van der Waals surface area contributed by atoms with Gasteiger partial charge in [-0.2, -0.15) is 0 Å². The molecule has 8 heteroatoms. The van der Waals surface area contributed by atoms with Crippen LogP contribution in [0.15, 0.2) is 18.2 Å². The van der Waals surface area contributed by atoms with Crippen LogP contribution in [0.25, 0.3) is 11.3 Å². The summed E-state index contributed by atoms with van der Waals surface area (Å²) in [4.78, 5) is 32.1. The van der Waals surface area contributed by atoms with Gasteiger partial charge >= 0.3 is 0 Å². The lowest BCUT2D eigenvalue weighted by atomic mass is 10.1. The fourth-order valence-electron chi connectivity index (χ4n) is 3.01. The number of methoxy groups -OCH3 is 1. The second-order valence-electron chi connectivity index (χ2n) is 6.35. The van der Waals surface area contributed by atoms with Gasteiger partial charge in [-0.15, -0.1) is 11.3 Å². The number of hydrogen-bond donors (Lipinski definition) is 1. The number of carbonyl (C=O) groups excluding carboxylic acids is 2. The Morgan fingerprint density at radius 2 is 2.19 bits per heavy atom. The highest BCUT2D eigenvalue weighted by molar-refractivity contribution is 7.11. The lowest BCUT2D eigenvalue weighted by Gasteiger charge is -2.32. The Kier molecular flexibility index (Phi) is 5.76. The maximum atomic E-state index is 12.7. The molecule has 0 aliphatic carbocycles. The Morgan fingerprint density at radius 1 is 1.41 bits per heavy atom. The highest BCUT2D eigenvalue weighted by Gasteiger charge is 2.33. The van der Waals surface area contributed by atoms with E-state index >= 15 is 0 Å². The van der Waals surface area contributed by atoms with Crippen LogP contribution in [0, 0.1) is 13.8 Å². The van der Waals surface area contributed by atoms with Crippen LogP contribution in [0.5, 0.6) is 5.75 Å². The summed E-state index contributed by atoms with van der Waals surface area (Å²) in [5.74, 6) is 0.0967. The molecule has 144 valence electrons. The van der Waals surface area contributed by atoms with Crippen LogP contribution < -0.4 is 15.0 Å². The van der Waals surface area contributed by atoms with Gasteiger partial charge in [0.15, 0.2) is 6.10 Å². The van der Waals surface area contributed by atoms with Gasteiger partial charge < -0.3 is 14.8 Å². The van der Waals surface area contributed by atoms with Crippen molar-refractivity contribution in [1.29, 1.82) is 0 Å².